The number of rotatable bonds is 7. The van der Waals surface area contributed by atoms with Gasteiger partial charge in [0.1, 0.15) is 0 Å². The van der Waals surface area contributed by atoms with E-state index in [0.29, 0.717) is 23.6 Å². The summed E-state index contributed by atoms with van der Waals surface area (Å²) in [6.07, 6.45) is 6.00. The Hall–Kier alpha value is -2.43. The molecule has 0 bridgehead atoms. The molecule has 30 heavy (non-hydrogen) atoms. The lowest BCUT2D eigenvalue weighted by molar-refractivity contribution is 0.0600. The summed E-state index contributed by atoms with van der Waals surface area (Å²) in [7, 11) is 1.42. The zero-order chi connectivity index (χ0) is 20.9. The van der Waals surface area contributed by atoms with E-state index in [1.165, 1.54) is 43.1 Å². The van der Waals surface area contributed by atoms with E-state index in [2.05, 4.69) is 53.5 Å². The van der Waals surface area contributed by atoms with Crippen molar-refractivity contribution in [1.82, 2.24) is 10.2 Å². The molecular formula is C26H32N2O2. The van der Waals surface area contributed by atoms with Crippen LogP contribution in [0.5, 0.6) is 0 Å². The minimum atomic E-state index is -0.277. The number of likely N-dealkylation sites (tertiary alicyclic amines) is 1. The minimum Gasteiger partial charge on any atom is -0.465 e. The molecule has 0 amide bonds. The van der Waals surface area contributed by atoms with E-state index >= 15 is 0 Å². The van der Waals surface area contributed by atoms with Gasteiger partial charge < -0.3 is 10.1 Å². The molecule has 1 heterocycles. The van der Waals surface area contributed by atoms with Crippen molar-refractivity contribution in [3.8, 4) is 0 Å². The van der Waals surface area contributed by atoms with Crippen molar-refractivity contribution >= 4 is 12.0 Å². The number of esters is 1. The maximum atomic E-state index is 11.6. The number of benzene rings is 2. The Morgan fingerprint density at radius 1 is 1.10 bits per heavy atom. The van der Waals surface area contributed by atoms with Gasteiger partial charge in [-0.1, -0.05) is 54.1 Å². The Balaban J connectivity index is 1.20. The molecule has 2 aromatic carbocycles. The second-order valence-corrected chi connectivity index (χ2v) is 8.65. The van der Waals surface area contributed by atoms with Crippen molar-refractivity contribution in [3.63, 3.8) is 0 Å². The highest BCUT2D eigenvalue weighted by Crippen LogP contribution is 2.38. The summed E-state index contributed by atoms with van der Waals surface area (Å²) >= 11 is 0. The molecule has 0 spiro atoms. The van der Waals surface area contributed by atoms with Gasteiger partial charge in [-0.25, -0.2) is 4.79 Å². The Bertz CT molecular complexity index is 868. The van der Waals surface area contributed by atoms with Crippen LogP contribution in [-0.4, -0.2) is 43.2 Å². The van der Waals surface area contributed by atoms with Crippen molar-refractivity contribution in [2.24, 2.45) is 5.92 Å². The number of nitrogens with zero attached hydrogens (tertiary/aromatic N) is 1. The van der Waals surface area contributed by atoms with E-state index in [4.69, 9.17) is 4.74 Å². The van der Waals surface area contributed by atoms with Crippen molar-refractivity contribution in [3.05, 3.63) is 76.9 Å². The van der Waals surface area contributed by atoms with Gasteiger partial charge in [-0.15, -0.1) is 0 Å². The summed E-state index contributed by atoms with van der Waals surface area (Å²) in [5.41, 5.74) is 4.65. The second kappa shape index (κ2) is 9.59. The lowest BCUT2D eigenvalue weighted by Crippen LogP contribution is -2.43. The molecule has 1 aliphatic heterocycles. The standard InChI is InChI=1S/C26H32N2O2/c1-19(16-20-6-4-3-5-7-20)24-17-25(24)27-23-12-14-28(15-13-23)18-21-8-10-22(11-9-21)26(29)30-2/h3-11,16,23-25,27H,12-15,17-18H2,1-2H3/b19-16+/t24-,25+/m0/s1. The van der Waals surface area contributed by atoms with Gasteiger partial charge in [0.25, 0.3) is 0 Å². The summed E-state index contributed by atoms with van der Waals surface area (Å²) in [5, 5.41) is 3.90. The van der Waals surface area contributed by atoms with Crippen molar-refractivity contribution < 1.29 is 9.53 Å². The number of piperidine rings is 1. The Morgan fingerprint density at radius 3 is 2.47 bits per heavy atom. The molecule has 0 radical (unpaired) electrons. The molecule has 1 N–H and O–H groups in total. The number of carbonyl (C=O) groups excluding carboxylic acids is 1. The van der Waals surface area contributed by atoms with E-state index in [1.807, 2.05) is 24.3 Å². The summed E-state index contributed by atoms with van der Waals surface area (Å²) in [6, 6.07) is 19.7. The molecule has 1 aliphatic carbocycles. The molecule has 2 fully saturated rings. The van der Waals surface area contributed by atoms with Crippen LogP contribution < -0.4 is 5.32 Å². The highest BCUT2D eigenvalue weighted by molar-refractivity contribution is 5.89. The van der Waals surface area contributed by atoms with Crippen molar-refractivity contribution in [1.29, 1.82) is 0 Å². The molecule has 4 heteroatoms. The topological polar surface area (TPSA) is 41.6 Å². The lowest BCUT2D eigenvalue weighted by atomic mass is 10.0. The maximum Gasteiger partial charge on any atom is 0.337 e. The second-order valence-electron chi connectivity index (χ2n) is 8.65. The van der Waals surface area contributed by atoms with E-state index in [1.54, 1.807) is 0 Å². The molecule has 0 unspecified atom stereocenters. The zero-order valence-corrected chi connectivity index (χ0v) is 18.0. The van der Waals surface area contributed by atoms with E-state index < -0.39 is 0 Å². The molecule has 1 saturated heterocycles. The predicted molar refractivity (Wildman–Crippen MR) is 121 cm³/mol. The van der Waals surface area contributed by atoms with Gasteiger partial charge in [0.15, 0.2) is 0 Å². The van der Waals surface area contributed by atoms with E-state index in [9.17, 15) is 4.79 Å². The van der Waals surface area contributed by atoms with Gasteiger partial charge in [-0.3, -0.25) is 4.90 Å². The van der Waals surface area contributed by atoms with Gasteiger partial charge in [0, 0.05) is 18.6 Å². The molecule has 2 aliphatic rings. The first-order valence-electron chi connectivity index (χ1n) is 11.0. The summed E-state index contributed by atoms with van der Waals surface area (Å²) < 4.78 is 4.77. The molecule has 4 rings (SSSR count). The van der Waals surface area contributed by atoms with Crippen molar-refractivity contribution in [2.75, 3.05) is 20.2 Å². The number of hydrogen-bond acceptors (Lipinski definition) is 4. The number of nitrogens with one attached hydrogen (secondary N) is 1. The normalized spacial score (nSPS) is 22.7. The molecular weight excluding hydrogens is 372 g/mol. The van der Waals surface area contributed by atoms with Crippen molar-refractivity contribution in [2.45, 2.75) is 44.8 Å². The third-order valence-electron chi connectivity index (χ3n) is 6.39. The van der Waals surface area contributed by atoms with Crippen LogP contribution in [0.2, 0.25) is 0 Å². The van der Waals surface area contributed by atoms with Crippen LogP contribution in [0.3, 0.4) is 0 Å². The summed E-state index contributed by atoms with van der Waals surface area (Å²) in [6.45, 7) is 5.45. The van der Waals surface area contributed by atoms with Crippen LogP contribution in [0.25, 0.3) is 6.08 Å². The van der Waals surface area contributed by atoms with Crippen LogP contribution >= 0.6 is 0 Å². The van der Waals surface area contributed by atoms with Crippen LogP contribution in [0.1, 0.15) is 47.7 Å². The Labute approximate surface area is 179 Å². The van der Waals surface area contributed by atoms with Crippen LogP contribution in [0, 0.1) is 5.92 Å². The quantitative estimate of drug-likeness (QED) is 0.689. The van der Waals surface area contributed by atoms with Gasteiger partial charge in [-0.2, -0.15) is 0 Å². The fourth-order valence-electron chi connectivity index (χ4n) is 4.48. The smallest absolute Gasteiger partial charge is 0.337 e. The van der Waals surface area contributed by atoms with Gasteiger partial charge in [0.2, 0.25) is 0 Å². The molecule has 158 valence electrons. The Kier molecular flexibility index (Phi) is 6.66. The highest BCUT2D eigenvalue weighted by Gasteiger charge is 2.39. The fourth-order valence-corrected chi connectivity index (χ4v) is 4.48. The predicted octanol–water partition coefficient (Wildman–Crippen LogP) is 4.52. The zero-order valence-electron chi connectivity index (χ0n) is 18.0. The average Bonchev–Trinajstić information content (AvgIpc) is 3.55. The first kappa shape index (κ1) is 20.8. The van der Waals surface area contributed by atoms with E-state index in [-0.39, 0.29) is 5.97 Å². The largest absolute Gasteiger partial charge is 0.465 e. The summed E-state index contributed by atoms with van der Waals surface area (Å²) in [4.78, 5) is 14.1. The average molecular weight is 405 g/mol. The third-order valence-corrected chi connectivity index (χ3v) is 6.39. The number of carbonyl (C=O) groups is 1. The fraction of sp³-hybridized carbons (Fsp3) is 0.423. The Morgan fingerprint density at radius 2 is 1.80 bits per heavy atom. The van der Waals surface area contributed by atoms with Crippen LogP contribution in [0.15, 0.2) is 60.2 Å². The first-order chi connectivity index (χ1) is 14.6. The molecule has 4 nitrogen and oxygen atoms in total. The molecule has 2 atom stereocenters. The third kappa shape index (κ3) is 5.38. The van der Waals surface area contributed by atoms with Gasteiger partial charge >= 0.3 is 5.97 Å². The monoisotopic (exact) mass is 404 g/mol. The highest BCUT2D eigenvalue weighted by atomic mass is 16.5. The minimum absolute atomic E-state index is 0.277. The lowest BCUT2D eigenvalue weighted by Gasteiger charge is -2.32. The SMILES string of the molecule is COC(=O)c1ccc(CN2CCC(N[C@@H]3C[C@H]3/C(C)=C/c3ccccc3)CC2)cc1. The number of hydrogen-bond donors (Lipinski definition) is 1. The first-order valence-corrected chi connectivity index (χ1v) is 11.0. The molecule has 2 aromatic rings. The number of ether oxygens (including phenoxy) is 1. The maximum absolute atomic E-state index is 11.6. The number of methoxy groups -OCH3 is 1. The van der Waals surface area contributed by atoms with E-state index in [0.717, 1.165) is 19.6 Å². The van der Waals surface area contributed by atoms with Crippen LogP contribution in [0.4, 0.5) is 0 Å². The molecule has 1 saturated carbocycles. The van der Waals surface area contributed by atoms with Gasteiger partial charge in [0.05, 0.1) is 12.7 Å². The van der Waals surface area contributed by atoms with Gasteiger partial charge in [-0.05, 0) is 68.5 Å². The summed E-state index contributed by atoms with van der Waals surface area (Å²) in [5.74, 6) is 0.414. The molecule has 0 aromatic heterocycles. The van der Waals surface area contributed by atoms with Crippen LogP contribution in [-0.2, 0) is 11.3 Å².